The number of nitrogens with one attached hydrogen (secondary N) is 5. The first kappa shape index (κ1) is 60.3. The van der Waals surface area contributed by atoms with Crippen LogP contribution in [0.4, 0.5) is 4.79 Å². The first-order valence-corrected chi connectivity index (χ1v) is 25.1. The van der Waals surface area contributed by atoms with E-state index in [-0.39, 0.29) is 108 Å². The van der Waals surface area contributed by atoms with Gasteiger partial charge in [0.15, 0.2) is 0 Å². The molecule has 1 saturated carbocycles. The van der Waals surface area contributed by atoms with Crippen molar-refractivity contribution in [3.63, 3.8) is 0 Å². The van der Waals surface area contributed by atoms with E-state index in [0.717, 1.165) is 22.4 Å². The number of unbranched alkanes of at least 4 members (excludes halogenated alkanes) is 2. The number of carbonyl (C=O) groups is 10. The van der Waals surface area contributed by atoms with E-state index in [0.29, 0.717) is 70.7 Å². The summed E-state index contributed by atoms with van der Waals surface area (Å²) in [4.78, 5) is 129. The Kier molecular flexibility index (Phi) is 25.3. The molecule has 0 radical (unpaired) electrons. The summed E-state index contributed by atoms with van der Waals surface area (Å²) < 4.78 is 0. The van der Waals surface area contributed by atoms with E-state index in [9.17, 15) is 73.5 Å². The molecule has 75 heavy (non-hydrogen) atoms. The summed E-state index contributed by atoms with van der Waals surface area (Å²) in [5.74, 6) is -8.79. The Hall–Kier alpha value is -7.22. The third-order valence-corrected chi connectivity index (χ3v) is 13.1. The molecule has 412 valence electrons. The highest BCUT2D eigenvalue weighted by Gasteiger charge is 2.31. The number of carboxylic acids is 6. The Morgan fingerprint density at radius 2 is 1.12 bits per heavy atom. The lowest BCUT2D eigenvalue weighted by Crippen LogP contribution is -2.50. The smallest absolute Gasteiger partial charge is 0.330 e. The number of fused-ring (bicyclic) bond motifs is 1. The number of rotatable bonds is 27. The number of hydrogen-bond acceptors (Lipinski definition) is 14. The van der Waals surface area contributed by atoms with Gasteiger partial charge in [0.25, 0.3) is 0 Å². The van der Waals surface area contributed by atoms with Gasteiger partial charge in [-0.05, 0) is 66.9 Å². The lowest BCUT2D eigenvalue weighted by molar-refractivity contribution is -0.140. The molecule has 3 atom stereocenters. The van der Waals surface area contributed by atoms with Crippen LogP contribution in [0.5, 0.6) is 0 Å². The van der Waals surface area contributed by atoms with Crippen LogP contribution in [0.15, 0.2) is 54.6 Å². The van der Waals surface area contributed by atoms with E-state index in [1.165, 1.54) is 0 Å². The topological polar surface area (TPSA) is 365 Å². The number of nitrogens with zero attached hydrogens (tertiary/aromatic N) is 4. The highest BCUT2D eigenvalue weighted by molar-refractivity contribution is 5.90. The van der Waals surface area contributed by atoms with E-state index >= 15 is 0 Å². The Morgan fingerprint density at radius 1 is 0.573 bits per heavy atom. The van der Waals surface area contributed by atoms with Crippen molar-refractivity contribution in [1.82, 2.24) is 46.2 Å². The number of benzene rings is 2. The van der Waals surface area contributed by atoms with Crippen LogP contribution < -0.4 is 26.6 Å². The second-order valence-electron chi connectivity index (χ2n) is 18.9. The summed E-state index contributed by atoms with van der Waals surface area (Å²) in [6.45, 7) is 1.86. The van der Waals surface area contributed by atoms with E-state index in [1.807, 2.05) is 52.7 Å². The molecule has 5 amide bonds. The van der Waals surface area contributed by atoms with Crippen LogP contribution >= 0.6 is 0 Å². The van der Waals surface area contributed by atoms with Gasteiger partial charge in [0, 0.05) is 83.9 Å². The molecule has 0 aromatic heterocycles. The molecule has 0 bridgehead atoms. The van der Waals surface area contributed by atoms with Gasteiger partial charge in [0.1, 0.15) is 18.1 Å². The third-order valence-electron chi connectivity index (χ3n) is 13.1. The normalized spacial score (nSPS) is 18.8. The van der Waals surface area contributed by atoms with Crippen molar-refractivity contribution in [3.8, 4) is 0 Å². The standard InChI is InChI=1S/C50H71N9O16/c60-41(29-56-18-20-57(30-43(63)64)22-24-59(32-45(67)68)25-23-58(21-19-56)31-44(65)66)52-28-33-9-13-36(14-10-33)46(69)53-40(27-34-11-12-35-6-3-4-7-37(35)26-34)47(70)51-17-5-1-2-8-38(48(71)72)54-50(75)55-39(49(73)74)15-16-42(61)62/h3-4,6-7,11-12,15-16,26,33,36,38-40H,1-2,5,8-10,13-14,17-25,27-32H2,(H,51,70)(H,52,60)(H,53,69)(H,61,62)(H,63,64)(H,65,66)(H,67,68)(H,71,72)(H,73,74)(H2,54,55,75)/b16-15+/t33?,36?,38-,39-,40?/m0/s1. The molecule has 1 heterocycles. The molecular weight excluding hydrogens is 983 g/mol. The maximum Gasteiger partial charge on any atom is 0.330 e. The summed E-state index contributed by atoms with van der Waals surface area (Å²) >= 11 is 0. The minimum absolute atomic E-state index is 0.0235. The predicted molar refractivity (Wildman–Crippen MR) is 269 cm³/mol. The Bertz CT molecular complexity index is 2290. The highest BCUT2D eigenvalue weighted by atomic mass is 16.4. The lowest BCUT2D eigenvalue weighted by Gasteiger charge is -2.33. The fourth-order valence-corrected chi connectivity index (χ4v) is 8.99. The van der Waals surface area contributed by atoms with Crippen molar-refractivity contribution in [2.24, 2.45) is 11.8 Å². The van der Waals surface area contributed by atoms with E-state index in [2.05, 4.69) is 21.3 Å². The molecule has 2 aromatic rings. The maximum atomic E-state index is 13.8. The minimum Gasteiger partial charge on any atom is -0.480 e. The van der Waals surface area contributed by atoms with Gasteiger partial charge in [-0.1, -0.05) is 55.3 Å². The van der Waals surface area contributed by atoms with Crippen molar-refractivity contribution in [2.75, 3.05) is 91.6 Å². The van der Waals surface area contributed by atoms with E-state index in [4.69, 9.17) is 5.11 Å². The Labute approximate surface area is 433 Å². The largest absolute Gasteiger partial charge is 0.480 e. The fraction of sp³-hybridized carbons (Fsp3) is 0.560. The van der Waals surface area contributed by atoms with Gasteiger partial charge in [0.05, 0.1) is 26.2 Å². The molecule has 0 spiro atoms. The molecule has 25 heteroatoms. The summed E-state index contributed by atoms with van der Waals surface area (Å²) in [7, 11) is 0. The zero-order valence-electron chi connectivity index (χ0n) is 41.9. The molecule has 25 nitrogen and oxygen atoms in total. The molecule has 1 saturated heterocycles. The Morgan fingerprint density at radius 3 is 1.64 bits per heavy atom. The van der Waals surface area contributed by atoms with Gasteiger partial charge in [-0.2, -0.15) is 0 Å². The van der Waals surface area contributed by atoms with Crippen molar-refractivity contribution in [2.45, 2.75) is 75.9 Å². The second-order valence-corrected chi connectivity index (χ2v) is 18.9. The quantitative estimate of drug-likeness (QED) is 0.0407. The molecule has 1 aliphatic heterocycles. The average Bonchev–Trinajstić information content (AvgIpc) is 3.35. The van der Waals surface area contributed by atoms with Crippen LogP contribution in [-0.2, 0) is 49.6 Å². The molecule has 1 aliphatic carbocycles. The molecule has 2 fully saturated rings. The monoisotopic (exact) mass is 1050 g/mol. The van der Waals surface area contributed by atoms with Crippen LogP contribution in [0.2, 0.25) is 0 Å². The summed E-state index contributed by atoms with van der Waals surface area (Å²) in [5, 5.41) is 71.2. The summed E-state index contributed by atoms with van der Waals surface area (Å²) in [5.41, 5.74) is 0.824. The molecular formula is C50H71N9O16. The maximum absolute atomic E-state index is 13.8. The second kappa shape index (κ2) is 31.5. The van der Waals surface area contributed by atoms with Crippen LogP contribution in [0.1, 0.15) is 56.9 Å². The van der Waals surface area contributed by atoms with Crippen molar-refractivity contribution in [3.05, 3.63) is 60.2 Å². The zero-order valence-corrected chi connectivity index (χ0v) is 41.9. The third kappa shape index (κ3) is 23.3. The van der Waals surface area contributed by atoms with Crippen LogP contribution in [0, 0.1) is 11.8 Å². The SMILES string of the molecule is O=C(O)/C=C/[C@H](NC(=O)N[C@@H](CCCCCNC(=O)C(Cc1ccc2ccccc2c1)NC(=O)C1CCC(CNC(=O)CN2CCN(CC(=O)O)CCN(CC(=O)O)CCN(CC(=O)O)CC2)CC1)C(=O)O)C(=O)O. The minimum atomic E-state index is -1.71. The fourth-order valence-electron chi connectivity index (χ4n) is 8.99. The van der Waals surface area contributed by atoms with Gasteiger partial charge in [0.2, 0.25) is 17.7 Å². The summed E-state index contributed by atoms with van der Waals surface area (Å²) in [6.07, 6.45) is 4.90. The lowest BCUT2D eigenvalue weighted by atomic mass is 9.81. The molecule has 11 N–H and O–H groups in total. The van der Waals surface area contributed by atoms with Crippen molar-refractivity contribution >= 4 is 70.3 Å². The highest BCUT2D eigenvalue weighted by Crippen LogP contribution is 2.29. The average molecular weight is 1050 g/mol. The van der Waals surface area contributed by atoms with Gasteiger partial charge in [-0.3, -0.25) is 48.4 Å². The van der Waals surface area contributed by atoms with Gasteiger partial charge >= 0.3 is 41.8 Å². The molecule has 2 aliphatic rings. The number of hydrogen-bond donors (Lipinski definition) is 11. The van der Waals surface area contributed by atoms with Gasteiger partial charge in [-0.15, -0.1) is 0 Å². The number of carboxylic acid groups (broad SMARTS) is 6. The first-order chi connectivity index (χ1) is 35.7. The number of amides is 5. The predicted octanol–water partition coefficient (Wildman–Crippen LogP) is -0.212. The zero-order chi connectivity index (χ0) is 54.9. The van der Waals surface area contributed by atoms with Crippen molar-refractivity contribution < 1.29 is 78.6 Å². The van der Waals surface area contributed by atoms with Crippen LogP contribution in [0.3, 0.4) is 0 Å². The van der Waals surface area contributed by atoms with Crippen LogP contribution in [0.25, 0.3) is 10.8 Å². The molecule has 4 rings (SSSR count). The number of aliphatic carboxylic acids is 6. The number of carbonyl (C=O) groups excluding carboxylic acids is 4. The van der Waals surface area contributed by atoms with Crippen molar-refractivity contribution in [1.29, 1.82) is 0 Å². The molecule has 2 aromatic carbocycles. The summed E-state index contributed by atoms with van der Waals surface area (Å²) in [6, 6.07) is 8.39. The van der Waals surface area contributed by atoms with E-state index < -0.39 is 65.9 Å². The van der Waals surface area contributed by atoms with Crippen LogP contribution in [-0.4, -0.2) is 220 Å². The molecule has 1 unspecified atom stereocenters. The number of urea groups is 1. The first-order valence-electron chi connectivity index (χ1n) is 25.1. The van der Waals surface area contributed by atoms with Gasteiger partial charge in [-0.25, -0.2) is 19.2 Å². The Balaban J connectivity index is 1.28. The van der Waals surface area contributed by atoms with E-state index in [1.54, 1.807) is 14.7 Å². The van der Waals surface area contributed by atoms with Gasteiger partial charge < -0.3 is 57.2 Å².